The van der Waals surface area contributed by atoms with Crippen molar-refractivity contribution in [1.82, 2.24) is 5.32 Å². The molecule has 1 aliphatic carbocycles. The number of hydrogen-bond donors (Lipinski definition) is 2. The van der Waals surface area contributed by atoms with E-state index in [1.807, 2.05) is 11.4 Å². The lowest BCUT2D eigenvalue weighted by Gasteiger charge is -2.21. The maximum atomic E-state index is 12.5. The van der Waals surface area contributed by atoms with Crippen LogP contribution >= 0.6 is 11.3 Å². The summed E-state index contributed by atoms with van der Waals surface area (Å²) in [5.74, 6) is 0.472. The predicted octanol–water partition coefficient (Wildman–Crippen LogP) is 5.09. The molecule has 2 unspecified atom stereocenters. The van der Waals surface area contributed by atoms with Gasteiger partial charge in [0.15, 0.2) is 0 Å². The fourth-order valence-corrected chi connectivity index (χ4v) is 4.21. The Kier molecular flexibility index (Phi) is 6.45. The van der Waals surface area contributed by atoms with E-state index in [1.165, 1.54) is 43.4 Å². The van der Waals surface area contributed by atoms with Crippen LogP contribution in [0.15, 0.2) is 41.8 Å². The standard InChI is InChI=1S/C21H26N2O2S/c1-2-3-6-15-7-4-8-18(15)23-20(24)16-10-12-17(13-11-16)22-21(25)19-9-5-14-26-19/h5,9-15,18H,2-4,6-8H2,1H3,(H,22,25)(H,23,24). The fourth-order valence-electron chi connectivity index (χ4n) is 3.60. The second-order valence-corrected chi connectivity index (χ2v) is 7.87. The van der Waals surface area contributed by atoms with E-state index in [4.69, 9.17) is 0 Å². The molecule has 2 atom stereocenters. The molecular weight excluding hydrogens is 344 g/mol. The van der Waals surface area contributed by atoms with E-state index in [1.54, 1.807) is 30.3 Å². The normalized spacial score (nSPS) is 19.3. The Morgan fingerprint density at radius 3 is 2.62 bits per heavy atom. The lowest BCUT2D eigenvalue weighted by Crippen LogP contribution is -2.37. The molecule has 0 saturated heterocycles. The second kappa shape index (κ2) is 8.99. The van der Waals surface area contributed by atoms with Gasteiger partial charge in [-0.1, -0.05) is 32.3 Å². The van der Waals surface area contributed by atoms with Gasteiger partial charge in [-0.2, -0.15) is 0 Å². The summed E-state index contributed by atoms with van der Waals surface area (Å²) in [6, 6.07) is 11.0. The van der Waals surface area contributed by atoms with Crippen molar-refractivity contribution in [3.8, 4) is 0 Å². The van der Waals surface area contributed by atoms with E-state index in [0.29, 0.717) is 28.1 Å². The van der Waals surface area contributed by atoms with Gasteiger partial charge < -0.3 is 10.6 Å². The minimum Gasteiger partial charge on any atom is -0.349 e. The molecule has 0 spiro atoms. The van der Waals surface area contributed by atoms with Gasteiger partial charge in [0.05, 0.1) is 4.88 Å². The third-order valence-corrected chi connectivity index (χ3v) is 5.92. The molecule has 0 aliphatic heterocycles. The van der Waals surface area contributed by atoms with Crippen LogP contribution in [0.3, 0.4) is 0 Å². The van der Waals surface area contributed by atoms with E-state index in [9.17, 15) is 9.59 Å². The van der Waals surface area contributed by atoms with Gasteiger partial charge in [-0.05, 0) is 60.9 Å². The SMILES string of the molecule is CCCCC1CCCC1NC(=O)c1ccc(NC(=O)c2cccs2)cc1. The van der Waals surface area contributed by atoms with Gasteiger partial charge in [-0.3, -0.25) is 9.59 Å². The van der Waals surface area contributed by atoms with Crippen molar-refractivity contribution >= 4 is 28.8 Å². The van der Waals surface area contributed by atoms with Crippen LogP contribution in [0.2, 0.25) is 0 Å². The Hall–Kier alpha value is -2.14. The number of anilines is 1. The molecule has 2 amide bonds. The number of benzene rings is 1. The maximum absolute atomic E-state index is 12.5. The van der Waals surface area contributed by atoms with Gasteiger partial charge in [0.25, 0.3) is 11.8 Å². The topological polar surface area (TPSA) is 58.2 Å². The highest BCUT2D eigenvalue weighted by atomic mass is 32.1. The third kappa shape index (κ3) is 4.73. The van der Waals surface area contributed by atoms with Gasteiger partial charge in [0.1, 0.15) is 0 Å². The summed E-state index contributed by atoms with van der Waals surface area (Å²) < 4.78 is 0. The summed E-state index contributed by atoms with van der Waals surface area (Å²) in [6.07, 6.45) is 7.14. The lowest BCUT2D eigenvalue weighted by molar-refractivity contribution is 0.0926. The summed E-state index contributed by atoms with van der Waals surface area (Å²) in [7, 11) is 0. The molecule has 3 rings (SSSR count). The summed E-state index contributed by atoms with van der Waals surface area (Å²) in [5.41, 5.74) is 1.34. The van der Waals surface area contributed by atoms with Crippen LogP contribution in [0.4, 0.5) is 5.69 Å². The highest BCUT2D eigenvalue weighted by Gasteiger charge is 2.28. The van der Waals surface area contributed by atoms with Gasteiger partial charge in [0.2, 0.25) is 0 Å². The zero-order valence-corrected chi connectivity index (χ0v) is 16.0. The lowest BCUT2D eigenvalue weighted by atomic mass is 9.96. The molecule has 1 saturated carbocycles. The van der Waals surface area contributed by atoms with Gasteiger partial charge in [-0.15, -0.1) is 11.3 Å². The van der Waals surface area contributed by atoms with E-state index in [2.05, 4.69) is 17.6 Å². The molecule has 1 fully saturated rings. The largest absolute Gasteiger partial charge is 0.349 e. The van der Waals surface area contributed by atoms with E-state index in [0.717, 1.165) is 6.42 Å². The molecule has 138 valence electrons. The smallest absolute Gasteiger partial charge is 0.265 e. The number of hydrogen-bond acceptors (Lipinski definition) is 3. The van der Waals surface area contributed by atoms with Crippen molar-refractivity contribution in [2.45, 2.75) is 51.5 Å². The molecule has 0 bridgehead atoms. The minimum absolute atomic E-state index is 0.0190. The van der Waals surface area contributed by atoms with Crippen molar-refractivity contribution < 1.29 is 9.59 Å². The number of thiophene rings is 1. The number of unbranched alkanes of at least 4 members (excludes halogenated alkanes) is 1. The molecule has 1 aromatic heterocycles. The average molecular weight is 371 g/mol. The summed E-state index contributed by atoms with van der Waals surface area (Å²) >= 11 is 1.41. The molecule has 5 heteroatoms. The Bertz CT molecular complexity index is 725. The van der Waals surface area contributed by atoms with Crippen LogP contribution in [0.5, 0.6) is 0 Å². The first-order chi connectivity index (χ1) is 12.7. The van der Waals surface area contributed by atoms with Crippen LogP contribution in [-0.2, 0) is 0 Å². The van der Waals surface area contributed by atoms with Gasteiger partial charge in [-0.25, -0.2) is 0 Å². The molecule has 4 nitrogen and oxygen atoms in total. The first-order valence-corrected chi connectivity index (χ1v) is 10.3. The van der Waals surface area contributed by atoms with Crippen LogP contribution < -0.4 is 10.6 Å². The Balaban J connectivity index is 1.56. The van der Waals surface area contributed by atoms with Crippen molar-refractivity contribution in [2.24, 2.45) is 5.92 Å². The molecule has 2 aromatic rings. The van der Waals surface area contributed by atoms with E-state index in [-0.39, 0.29) is 11.8 Å². The highest BCUT2D eigenvalue weighted by molar-refractivity contribution is 7.12. The first-order valence-electron chi connectivity index (χ1n) is 9.43. The minimum atomic E-state index is -0.123. The number of rotatable bonds is 7. The van der Waals surface area contributed by atoms with Crippen LogP contribution in [-0.4, -0.2) is 17.9 Å². The Morgan fingerprint density at radius 2 is 1.92 bits per heavy atom. The zero-order valence-electron chi connectivity index (χ0n) is 15.2. The molecule has 1 heterocycles. The average Bonchev–Trinajstić information content (AvgIpc) is 3.32. The van der Waals surface area contributed by atoms with Gasteiger partial charge >= 0.3 is 0 Å². The van der Waals surface area contributed by atoms with Crippen LogP contribution in [0.1, 0.15) is 65.5 Å². The Labute approximate surface area is 159 Å². The highest BCUT2D eigenvalue weighted by Crippen LogP contribution is 2.30. The number of amides is 2. The monoisotopic (exact) mass is 370 g/mol. The number of carbonyl (C=O) groups excluding carboxylic acids is 2. The maximum Gasteiger partial charge on any atom is 0.265 e. The molecule has 1 aromatic carbocycles. The number of nitrogens with one attached hydrogen (secondary N) is 2. The number of carbonyl (C=O) groups is 2. The summed E-state index contributed by atoms with van der Waals surface area (Å²) in [4.78, 5) is 25.3. The summed E-state index contributed by atoms with van der Waals surface area (Å²) in [5, 5.41) is 7.94. The van der Waals surface area contributed by atoms with E-state index >= 15 is 0 Å². The molecular formula is C21H26N2O2S. The second-order valence-electron chi connectivity index (χ2n) is 6.92. The van der Waals surface area contributed by atoms with Crippen LogP contribution in [0, 0.1) is 5.92 Å². The summed E-state index contributed by atoms with van der Waals surface area (Å²) in [6.45, 7) is 2.21. The quantitative estimate of drug-likeness (QED) is 0.713. The third-order valence-electron chi connectivity index (χ3n) is 5.05. The fraction of sp³-hybridized carbons (Fsp3) is 0.429. The van der Waals surface area contributed by atoms with Crippen molar-refractivity contribution in [2.75, 3.05) is 5.32 Å². The molecule has 1 aliphatic rings. The molecule has 0 radical (unpaired) electrons. The molecule has 26 heavy (non-hydrogen) atoms. The Morgan fingerprint density at radius 1 is 1.12 bits per heavy atom. The van der Waals surface area contributed by atoms with Crippen LogP contribution in [0.25, 0.3) is 0 Å². The van der Waals surface area contributed by atoms with Crippen molar-refractivity contribution in [1.29, 1.82) is 0 Å². The van der Waals surface area contributed by atoms with E-state index < -0.39 is 0 Å². The van der Waals surface area contributed by atoms with Crippen molar-refractivity contribution in [3.05, 3.63) is 52.2 Å². The first kappa shape index (κ1) is 18.6. The predicted molar refractivity (Wildman–Crippen MR) is 107 cm³/mol. The zero-order chi connectivity index (χ0) is 18.4. The van der Waals surface area contributed by atoms with Gasteiger partial charge in [0, 0.05) is 17.3 Å². The molecule has 2 N–H and O–H groups in total. The van der Waals surface area contributed by atoms with Crippen molar-refractivity contribution in [3.63, 3.8) is 0 Å².